The Morgan fingerprint density at radius 2 is 1.48 bits per heavy atom. The largest absolute Gasteiger partial charge is 0.486 e. The quantitative estimate of drug-likeness (QED) is 0.757. The lowest BCUT2D eigenvalue weighted by molar-refractivity contribution is 0.209. The Labute approximate surface area is 121 Å². The monoisotopic (exact) mass is 297 g/mol. The van der Waals surface area contributed by atoms with Gasteiger partial charge in [-0.05, 0) is 13.1 Å². The molecule has 0 spiro atoms. The Hall–Kier alpha value is -2.25. The van der Waals surface area contributed by atoms with Crippen molar-refractivity contribution in [2.45, 2.75) is 13.8 Å². The highest BCUT2D eigenvalue weighted by Crippen LogP contribution is 2.30. The van der Waals surface area contributed by atoms with Crippen LogP contribution < -0.4 is 4.74 Å². The molecule has 4 nitrogen and oxygen atoms in total. The maximum absolute atomic E-state index is 13.9. The lowest BCUT2D eigenvalue weighted by Crippen LogP contribution is -2.28. The minimum atomic E-state index is -1.59. The molecule has 0 aliphatic rings. The molecule has 0 aliphatic heterocycles. The summed E-state index contributed by atoms with van der Waals surface area (Å²) >= 11 is 0. The lowest BCUT2D eigenvalue weighted by atomic mass is 10.1. The molecule has 0 bridgehead atoms. The summed E-state index contributed by atoms with van der Waals surface area (Å²) in [4.78, 5) is 1.95. The molecule has 0 atom stereocenters. The highest BCUT2D eigenvalue weighted by atomic mass is 19.2. The van der Waals surface area contributed by atoms with E-state index in [1.165, 1.54) is 12.1 Å². The van der Waals surface area contributed by atoms with E-state index in [-0.39, 0.29) is 6.61 Å². The van der Waals surface area contributed by atoms with Gasteiger partial charge in [0.05, 0.1) is 0 Å². The van der Waals surface area contributed by atoms with Crippen LogP contribution in [0.15, 0.2) is 0 Å². The second-order valence-electron chi connectivity index (χ2n) is 4.12. The summed E-state index contributed by atoms with van der Waals surface area (Å²) in [5, 5.41) is 17.4. The zero-order valence-electron chi connectivity index (χ0n) is 11.7. The van der Waals surface area contributed by atoms with E-state index in [0.717, 1.165) is 13.1 Å². The first kappa shape index (κ1) is 16.8. The summed E-state index contributed by atoms with van der Waals surface area (Å²) in [5.74, 6) is -5.49. The Kier molecular flexibility index (Phi) is 6.01. The molecule has 0 amide bonds. The maximum Gasteiger partial charge on any atom is 0.205 e. The fourth-order valence-corrected chi connectivity index (χ4v) is 1.79. The third kappa shape index (κ3) is 3.45. The van der Waals surface area contributed by atoms with Crippen LogP contribution in [0.5, 0.6) is 5.75 Å². The van der Waals surface area contributed by atoms with Crippen molar-refractivity contribution in [1.29, 1.82) is 10.5 Å². The van der Waals surface area contributed by atoms with Gasteiger partial charge in [-0.25, -0.2) is 8.78 Å². The predicted molar refractivity (Wildman–Crippen MR) is 69.0 cm³/mol. The zero-order valence-corrected chi connectivity index (χ0v) is 11.7. The number of nitriles is 2. The number of hydrogen-bond donors (Lipinski definition) is 0. The molecule has 0 heterocycles. The average Bonchev–Trinajstić information content (AvgIpc) is 2.50. The summed E-state index contributed by atoms with van der Waals surface area (Å²) in [5.41, 5.74) is -1.81. The zero-order chi connectivity index (χ0) is 16.0. The van der Waals surface area contributed by atoms with E-state index >= 15 is 0 Å². The van der Waals surface area contributed by atoms with Crippen LogP contribution in [0.1, 0.15) is 25.0 Å². The number of benzene rings is 1. The van der Waals surface area contributed by atoms with Gasteiger partial charge in [0.15, 0.2) is 17.4 Å². The molecule has 0 saturated heterocycles. The van der Waals surface area contributed by atoms with Crippen molar-refractivity contribution in [3.8, 4) is 17.9 Å². The van der Waals surface area contributed by atoms with Crippen LogP contribution in [0.25, 0.3) is 0 Å². The highest BCUT2D eigenvalue weighted by Gasteiger charge is 2.26. The summed E-state index contributed by atoms with van der Waals surface area (Å²) < 4.78 is 46.2. The average molecular weight is 297 g/mol. The standard InChI is InChI=1S/C14H14F3N3O/c1-3-20(4-2)5-6-21-14-12(16)10(8-19)9(7-18)11(15)13(14)17/h3-6H2,1-2H3. The molecule has 0 saturated carbocycles. The lowest BCUT2D eigenvalue weighted by Gasteiger charge is -2.18. The molecule has 0 fully saturated rings. The predicted octanol–water partition coefficient (Wildman–Crippen LogP) is 2.57. The number of rotatable bonds is 6. The van der Waals surface area contributed by atoms with Crippen molar-refractivity contribution in [1.82, 2.24) is 4.90 Å². The van der Waals surface area contributed by atoms with Crippen molar-refractivity contribution in [2.75, 3.05) is 26.2 Å². The van der Waals surface area contributed by atoms with Crippen LogP contribution in [-0.2, 0) is 0 Å². The van der Waals surface area contributed by atoms with Crippen LogP contribution in [0.4, 0.5) is 13.2 Å². The number of ether oxygens (including phenoxy) is 1. The highest BCUT2D eigenvalue weighted by molar-refractivity contribution is 5.52. The van der Waals surface area contributed by atoms with Gasteiger partial charge in [-0.2, -0.15) is 14.9 Å². The molecule has 7 heteroatoms. The molecule has 0 N–H and O–H groups in total. The van der Waals surface area contributed by atoms with Gasteiger partial charge in [0.1, 0.15) is 29.9 Å². The Bertz CT molecular complexity index is 601. The molecule has 1 aromatic rings. The second kappa shape index (κ2) is 7.51. The maximum atomic E-state index is 13.9. The van der Waals surface area contributed by atoms with Crippen molar-refractivity contribution < 1.29 is 17.9 Å². The second-order valence-corrected chi connectivity index (χ2v) is 4.12. The summed E-state index contributed by atoms with van der Waals surface area (Å²) in [7, 11) is 0. The summed E-state index contributed by atoms with van der Waals surface area (Å²) in [6, 6.07) is 2.63. The van der Waals surface area contributed by atoms with Crippen LogP contribution >= 0.6 is 0 Å². The summed E-state index contributed by atoms with van der Waals surface area (Å²) in [6.07, 6.45) is 0. The normalized spacial score (nSPS) is 10.3. The van der Waals surface area contributed by atoms with Crippen molar-refractivity contribution >= 4 is 0 Å². The van der Waals surface area contributed by atoms with Crippen molar-refractivity contribution in [3.05, 3.63) is 28.6 Å². The van der Waals surface area contributed by atoms with Gasteiger partial charge in [0.25, 0.3) is 0 Å². The molecule has 112 valence electrons. The molecule has 0 radical (unpaired) electrons. The van der Waals surface area contributed by atoms with Crippen molar-refractivity contribution in [3.63, 3.8) is 0 Å². The first-order valence-electron chi connectivity index (χ1n) is 6.37. The van der Waals surface area contributed by atoms with Crippen molar-refractivity contribution in [2.24, 2.45) is 0 Å². The van der Waals surface area contributed by atoms with Gasteiger partial charge < -0.3 is 9.64 Å². The van der Waals surface area contributed by atoms with E-state index in [1.807, 2.05) is 18.7 Å². The van der Waals surface area contributed by atoms with E-state index in [2.05, 4.69) is 0 Å². The van der Waals surface area contributed by atoms with Gasteiger partial charge in [0, 0.05) is 6.54 Å². The van der Waals surface area contributed by atoms with Gasteiger partial charge in [0.2, 0.25) is 5.82 Å². The fourth-order valence-electron chi connectivity index (χ4n) is 1.79. The molecule has 1 aromatic carbocycles. The van der Waals surface area contributed by atoms with Crippen LogP contribution in [0.3, 0.4) is 0 Å². The van der Waals surface area contributed by atoms with E-state index < -0.39 is 34.3 Å². The third-order valence-corrected chi connectivity index (χ3v) is 3.05. The molecule has 0 unspecified atom stereocenters. The van der Waals surface area contributed by atoms with Gasteiger partial charge in [-0.1, -0.05) is 13.8 Å². The molecule has 1 rings (SSSR count). The number of halogens is 3. The van der Waals surface area contributed by atoms with Gasteiger partial charge >= 0.3 is 0 Å². The molecular formula is C14H14F3N3O. The topological polar surface area (TPSA) is 60.0 Å². The third-order valence-electron chi connectivity index (χ3n) is 3.05. The fraction of sp³-hybridized carbons (Fsp3) is 0.429. The molecule has 0 aromatic heterocycles. The smallest absolute Gasteiger partial charge is 0.205 e. The SMILES string of the molecule is CCN(CC)CCOc1c(F)c(F)c(C#N)c(C#N)c1F. The first-order chi connectivity index (χ1) is 10.0. The molecule has 21 heavy (non-hydrogen) atoms. The van der Waals surface area contributed by atoms with E-state index in [4.69, 9.17) is 15.3 Å². The Morgan fingerprint density at radius 1 is 0.952 bits per heavy atom. The number of hydrogen-bond acceptors (Lipinski definition) is 4. The minimum Gasteiger partial charge on any atom is -0.486 e. The van der Waals surface area contributed by atoms with E-state index in [0.29, 0.717) is 6.54 Å². The summed E-state index contributed by atoms with van der Waals surface area (Å²) in [6.45, 7) is 5.63. The van der Waals surface area contributed by atoms with Gasteiger partial charge in [-0.15, -0.1) is 0 Å². The minimum absolute atomic E-state index is 0.0638. The Balaban J connectivity index is 3.07. The van der Waals surface area contributed by atoms with Crippen LogP contribution in [0.2, 0.25) is 0 Å². The van der Waals surface area contributed by atoms with E-state index in [9.17, 15) is 13.2 Å². The van der Waals surface area contributed by atoms with Gasteiger partial charge in [-0.3, -0.25) is 0 Å². The van der Waals surface area contributed by atoms with Crippen LogP contribution in [-0.4, -0.2) is 31.1 Å². The number of likely N-dealkylation sites (N-methyl/N-ethyl adjacent to an activating group) is 1. The number of nitrogens with zero attached hydrogens (tertiary/aromatic N) is 3. The molecule has 0 aliphatic carbocycles. The Morgan fingerprint density at radius 3 is 1.95 bits per heavy atom. The molecular weight excluding hydrogens is 283 g/mol. The first-order valence-corrected chi connectivity index (χ1v) is 6.37. The van der Waals surface area contributed by atoms with Crippen LogP contribution in [0, 0.1) is 40.1 Å². The van der Waals surface area contributed by atoms with E-state index in [1.54, 1.807) is 0 Å².